The van der Waals surface area contributed by atoms with Gasteiger partial charge in [0.2, 0.25) is 17.6 Å². The van der Waals surface area contributed by atoms with Gasteiger partial charge in [0, 0.05) is 30.0 Å². The Balaban J connectivity index is 1.18. The van der Waals surface area contributed by atoms with Crippen LogP contribution >= 0.6 is 11.6 Å². The Morgan fingerprint density at radius 1 is 1.06 bits per heavy atom. The lowest BCUT2D eigenvalue weighted by atomic mass is 10.1. The molecule has 0 aliphatic carbocycles. The number of hydrogen-bond donors (Lipinski definition) is 1. The highest BCUT2D eigenvalue weighted by Crippen LogP contribution is 2.19. The van der Waals surface area contributed by atoms with Crippen LogP contribution in [0.15, 0.2) is 65.7 Å². The van der Waals surface area contributed by atoms with Crippen LogP contribution in [0.2, 0.25) is 5.02 Å². The molecule has 1 N–H and O–H groups in total. The minimum Gasteiger partial charge on any atom is -0.352 e. The zero-order chi connectivity index (χ0) is 21.5. The molecule has 0 saturated carbocycles. The first kappa shape index (κ1) is 20.7. The summed E-state index contributed by atoms with van der Waals surface area (Å²) in [6.45, 7) is 1.16. The van der Waals surface area contributed by atoms with E-state index in [4.69, 9.17) is 16.1 Å². The molecule has 0 bridgehead atoms. The number of carbonyl (C=O) groups excluding carboxylic acids is 1. The highest BCUT2D eigenvalue weighted by molar-refractivity contribution is 6.30. The standard InChI is InChI=1S/C22H21ClN6O2/c23-19-10-8-18(9-11-19)22-27-21(31-28-22)3-1-2-20(30)25-12-16-4-6-17(7-5-16)13-29-15-24-14-26-29/h4-11,14-15H,1-3,12-13H2,(H,25,30). The molecule has 0 atom stereocenters. The summed E-state index contributed by atoms with van der Waals surface area (Å²) < 4.78 is 7.04. The number of aryl methyl sites for hydroxylation is 1. The van der Waals surface area contributed by atoms with Gasteiger partial charge in [-0.05, 0) is 41.8 Å². The average Bonchev–Trinajstić information content (AvgIpc) is 3.46. The summed E-state index contributed by atoms with van der Waals surface area (Å²) in [4.78, 5) is 20.4. The van der Waals surface area contributed by atoms with Gasteiger partial charge in [-0.1, -0.05) is 41.0 Å². The second kappa shape index (κ2) is 9.99. The van der Waals surface area contributed by atoms with E-state index in [9.17, 15) is 4.79 Å². The molecular weight excluding hydrogens is 416 g/mol. The number of nitrogens with zero attached hydrogens (tertiary/aromatic N) is 5. The Hall–Kier alpha value is -3.52. The summed E-state index contributed by atoms with van der Waals surface area (Å²) in [7, 11) is 0. The van der Waals surface area contributed by atoms with Crippen LogP contribution in [0, 0.1) is 0 Å². The summed E-state index contributed by atoms with van der Waals surface area (Å²) in [5.74, 6) is 1.02. The molecule has 2 aromatic heterocycles. The first-order valence-electron chi connectivity index (χ1n) is 9.91. The van der Waals surface area contributed by atoms with Crippen LogP contribution in [0.25, 0.3) is 11.4 Å². The molecular formula is C22H21ClN6O2. The van der Waals surface area contributed by atoms with E-state index in [2.05, 4.69) is 25.5 Å². The molecule has 1 amide bonds. The molecule has 0 saturated heterocycles. The van der Waals surface area contributed by atoms with Gasteiger partial charge in [-0.2, -0.15) is 10.1 Å². The monoisotopic (exact) mass is 436 g/mol. The van der Waals surface area contributed by atoms with E-state index in [0.717, 1.165) is 16.7 Å². The molecule has 2 heterocycles. The maximum absolute atomic E-state index is 12.1. The zero-order valence-corrected chi connectivity index (χ0v) is 17.5. The average molecular weight is 437 g/mol. The molecule has 8 nitrogen and oxygen atoms in total. The van der Waals surface area contributed by atoms with Gasteiger partial charge >= 0.3 is 0 Å². The second-order valence-electron chi connectivity index (χ2n) is 7.06. The van der Waals surface area contributed by atoms with Crippen molar-refractivity contribution in [2.75, 3.05) is 0 Å². The Morgan fingerprint density at radius 3 is 2.58 bits per heavy atom. The smallest absolute Gasteiger partial charge is 0.226 e. The maximum Gasteiger partial charge on any atom is 0.226 e. The molecule has 0 spiro atoms. The highest BCUT2D eigenvalue weighted by atomic mass is 35.5. The number of hydrogen-bond acceptors (Lipinski definition) is 6. The van der Waals surface area contributed by atoms with Crippen LogP contribution in [-0.2, 0) is 24.3 Å². The van der Waals surface area contributed by atoms with Gasteiger partial charge in [-0.15, -0.1) is 0 Å². The van der Waals surface area contributed by atoms with Crippen molar-refractivity contribution in [2.45, 2.75) is 32.4 Å². The van der Waals surface area contributed by atoms with E-state index in [-0.39, 0.29) is 5.91 Å². The topological polar surface area (TPSA) is 98.7 Å². The van der Waals surface area contributed by atoms with E-state index in [1.807, 2.05) is 36.4 Å². The lowest BCUT2D eigenvalue weighted by Crippen LogP contribution is -2.22. The number of carbonyl (C=O) groups is 1. The minimum atomic E-state index is -0.0101. The zero-order valence-electron chi connectivity index (χ0n) is 16.7. The number of halogens is 1. The maximum atomic E-state index is 12.1. The largest absolute Gasteiger partial charge is 0.352 e. The van der Waals surface area contributed by atoms with Gasteiger partial charge in [0.05, 0.1) is 6.54 Å². The fourth-order valence-electron chi connectivity index (χ4n) is 3.03. The second-order valence-corrected chi connectivity index (χ2v) is 7.49. The molecule has 4 aromatic rings. The number of rotatable bonds is 9. The number of benzene rings is 2. The van der Waals surface area contributed by atoms with Crippen molar-refractivity contribution in [3.05, 3.63) is 83.2 Å². The van der Waals surface area contributed by atoms with Crippen molar-refractivity contribution < 1.29 is 9.32 Å². The van der Waals surface area contributed by atoms with Crippen LogP contribution < -0.4 is 5.32 Å². The minimum absolute atomic E-state index is 0.0101. The third-order valence-electron chi connectivity index (χ3n) is 4.69. The molecule has 4 rings (SSSR count). The van der Waals surface area contributed by atoms with Gasteiger partial charge in [0.15, 0.2) is 0 Å². The molecule has 2 aromatic carbocycles. The fraction of sp³-hybridized carbons (Fsp3) is 0.227. The molecule has 0 unspecified atom stereocenters. The summed E-state index contributed by atoms with van der Waals surface area (Å²) in [5.41, 5.74) is 3.00. The molecule has 31 heavy (non-hydrogen) atoms. The summed E-state index contributed by atoms with van der Waals surface area (Å²) in [6, 6.07) is 15.3. The van der Waals surface area contributed by atoms with Crippen molar-refractivity contribution in [1.29, 1.82) is 0 Å². The van der Waals surface area contributed by atoms with Crippen LogP contribution in [0.1, 0.15) is 29.9 Å². The van der Waals surface area contributed by atoms with Gasteiger partial charge in [0.1, 0.15) is 12.7 Å². The lowest BCUT2D eigenvalue weighted by molar-refractivity contribution is -0.121. The van der Waals surface area contributed by atoms with Gasteiger partial charge in [-0.3, -0.25) is 4.79 Å². The van der Waals surface area contributed by atoms with Crippen LogP contribution in [0.3, 0.4) is 0 Å². The van der Waals surface area contributed by atoms with Crippen molar-refractivity contribution in [1.82, 2.24) is 30.2 Å². The third kappa shape index (κ3) is 5.99. The number of nitrogens with one attached hydrogen (secondary N) is 1. The third-order valence-corrected chi connectivity index (χ3v) is 4.94. The van der Waals surface area contributed by atoms with E-state index in [0.29, 0.717) is 49.1 Å². The van der Waals surface area contributed by atoms with E-state index >= 15 is 0 Å². The first-order chi connectivity index (χ1) is 15.2. The number of aromatic nitrogens is 5. The Labute approximate surface area is 184 Å². The highest BCUT2D eigenvalue weighted by Gasteiger charge is 2.10. The predicted octanol–water partition coefficient (Wildman–Crippen LogP) is 3.67. The van der Waals surface area contributed by atoms with Crippen LogP contribution in [-0.4, -0.2) is 30.8 Å². The molecule has 0 aliphatic rings. The summed E-state index contributed by atoms with van der Waals surface area (Å²) in [5, 5.41) is 11.7. The lowest BCUT2D eigenvalue weighted by Gasteiger charge is -2.06. The van der Waals surface area contributed by atoms with Gasteiger partial charge in [-0.25, -0.2) is 9.67 Å². The molecule has 158 valence electrons. The van der Waals surface area contributed by atoms with Gasteiger partial charge < -0.3 is 9.84 Å². The predicted molar refractivity (Wildman–Crippen MR) is 115 cm³/mol. The van der Waals surface area contributed by atoms with Crippen molar-refractivity contribution >= 4 is 17.5 Å². The van der Waals surface area contributed by atoms with E-state index in [1.54, 1.807) is 23.1 Å². The Morgan fingerprint density at radius 2 is 1.84 bits per heavy atom. The SMILES string of the molecule is O=C(CCCc1nc(-c2ccc(Cl)cc2)no1)NCc1ccc(Cn2cncn2)cc1. The molecule has 0 aliphatic heterocycles. The first-order valence-corrected chi connectivity index (χ1v) is 10.3. The van der Waals surface area contributed by atoms with E-state index in [1.165, 1.54) is 6.33 Å². The van der Waals surface area contributed by atoms with Crippen molar-refractivity contribution in [2.24, 2.45) is 0 Å². The fourth-order valence-corrected chi connectivity index (χ4v) is 3.15. The molecule has 9 heteroatoms. The summed E-state index contributed by atoms with van der Waals surface area (Å²) >= 11 is 5.89. The van der Waals surface area contributed by atoms with Crippen LogP contribution in [0.4, 0.5) is 0 Å². The van der Waals surface area contributed by atoms with E-state index < -0.39 is 0 Å². The summed E-state index contributed by atoms with van der Waals surface area (Å²) in [6.07, 6.45) is 4.76. The van der Waals surface area contributed by atoms with Crippen LogP contribution in [0.5, 0.6) is 0 Å². The normalized spacial score (nSPS) is 10.9. The Bertz CT molecular complexity index is 1110. The Kier molecular flexibility index (Phi) is 6.68. The quantitative estimate of drug-likeness (QED) is 0.430. The van der Waals surface area contributed by atoms with Crippen molar-refractivity contribution in [3.63, 3.8) is 0 Å². The van der Waals surface area contributed by atoms with Gasteiger partial charge in [0.25, 0.3) is 0 Å². The number of amides is 1. The molecule has 0 fully saturated rings. The molecule has 0 radical (unpaired) electrons. The van der Waals surface area contributed by atoms with Crippen molar-refractivity contribution in [3.8, 4) is 11.4 Å².